The van der Waals surface area contributed by atoms with Crippen LogP contribution in [0, 0.1) is 5.92 Å². The van der Waals surface area contributed by atoms with Gasteiger partial charge in [0.05, 0.1) is 13.2 Å². The maximum absolute atomic E-state index is 12.0. The Hall–Kier alpha value is -1.84. The van der Waals surface area contributed by atoms with Crippen molar-refractivity contribution in [3.63, 3.8) is 0 Å². The molecule has 4 nitrogen and oxygen atoms in total. The van der Waals surface area contributed by atoms with Gasteiger partial charge in [-0.15, -0.1) is 0 Å². The van der Waals surface area contributed by atoms with Crippen LogP contribution in [-0.4, -0.2) is 19.0 Å². The van der Waals surface area contributed by atoms with Crippen LogP contribution in [0.5, 0.6) is 0 Å². The number of amides is 1. The Kier molecular flexibility index (Phi) is 4.77. The molecule has 0 heterocycles. The van der Waals surface area contributed by atoms with E-state index in [0.29, 0.717) is 25.2 Å². The first kappa shape index (κ1) is 14.6. The number of nitrogens with one attached hydrogen (secondary N) is 1. The number of hydrogen-bond acceptors (Lipinski definition) is 3. The topological polar surface area (TPSA) is 55.4 Å². The van der Waals surface area contributed by atoms with Crippen LogP contribution in [0.1, 0.15) is 43.4 Å². The van der Waals surface area contributed by atoms with E-state index < -0.39 is 0 Å². The maximum atomic E-state index is 12.0. The van der Waals surface area contributed by atoms with Crippen LogP contribution in [0.4, 0.5) is 0 Å². The minimum Gasteiger partial charge on any atom is -0.469 e. The molecule has 2 rings (SSSR count). The quantitative estimate of drug-likeness (QED) is 0.839. The molecule has 20 heavy (non-hydrogen) atoms. The van der Waals surface area contributed by atoms with Crippen molar-refractivity contribution in [1.29, 1.82) is 0 Å². The first-order valence-corrected chi connectivity index (χ1v) is 7.05. The standard InChI is InChI=1S/C16H21NO3/c1-11-10-12-6-3-4-7-13(12)16(11)17-14(18)8-5-9-15(19)20-2/h3-4,6-7,11,16H,5,8-10H2,1-2H3,(H,17,18)/t11-,16-/m1/s1. The van der Waals surface area contributed by atoms with Gasteiger partial charge in [0, 0.05) is 12.8 Å². The molecule has 0 aliphatic heterocycles. The van der Waals surface area contributed by atoms with Gasteiger partial charge in [0.15, 0.2) is 0 Å². The van der Waals surface area contributed by atoms with Crippen molar-refractivity contribution in [1.82, 2.24) is 5.32 Å². The van der Waals surface area contributed by atoms with Gasteiger partial charge in [-0.25, -0.2) is 0 Å². The van der Waals surface area contributed by atoms with Crippen molar-refractivity contribution in [3.8, 4) is 0 Å². The third-order valence-corrected chi connectivity index (χ3v) is 3.83. The fraction of sp³-hybridized carbons (Fsp3) is 0.500. The Balaban J connectivity index is 1.87. The van der Waals surface area contributed by atoms with E-state index in [1.807, 2.05) is 12.1 Å². The van der Waals surface area contributed by atoms with E-state index in [0.717, 1.165) is 6.42 Å². The molecule has 0 bridgehead atoms. The molecule has 0 spiro atoms. The van der Waals surface area contributed by atoms with E-state index in [9.17, 15) is 9.59 Å². The van der Waals surface area contributed by atoms with Gasteiger partial charge in [0.2, 0.25) is 5.91 Å². The summed E-state index contributed by atoms with van der Waals surface area (Å²) in [5.74, 6) is 0.150. The summed E-state index contributed by atoms with van der Waals surface area (Å²) < 4.78 is 4.56. The third-order valence-electron chi connectivity index (χ3n) is 3.83. The van der Waals surface area contributed by atoms with Gasteiger partial charge in [0.25, 0.3) is 0 Å². The van der Waals surface area contributed by atoms with Crippen LogP contribution in [0.15, 0.2) is 24.3 Å². The molecule has 108 valence electrons. The lowest BCUT2D eigenvalue weighted by Crippen LogP contribution is -2.30. The van der Waals surface area contributed by atoms with Crippen LogP contribution in [0.25, 0.3) is 0 Å². The Labute approximate surface area is 119 Å². The van der Waals surface area contributed by atoms with Crippen molar-refractivity contribution in [2.75, 3.05) is 7.11 Å². The monoisotopic (exact) mass is 275 g/mol. The van der Waals surface area contributed by atoms with Gasteiger partial charge < -0.3 is 10.1 Å². The zero-order valence-corrected chi connectivity index (χ0v) is 12.0. The van der Waals surface area contributed by atoms with Gasteiger partial charge in [-0.2, -0.15) is 0 Å². The number of carbonyl (C=O) groups excluding carboxylic acids is 2. The maximum Gasteiger partial charge on any atom is 0.305 e. The lowest BCUT2D eigenvalue weighted by atomic mass is 10.0. The number of esters is 1. The first-order chi connectivity index (χ1) is 9.61. The summed E-state index contributed by atoms with van der Waals surface area (Å²) >= 11 is 0. The molecular formula is C16H21NO3. The number of hydrogen-bond donors (Lipinski definition) is 1. The average Bonchev–Trinajstić information content (AvgIpc) is 2.75. The van der Waals surface area contributed by atoms with E-state index in [1.54, 1.807) is 0 Å². The highest BCUT2D eigenvalue weighted by molar-refractivity contribution is 5.77. The molecule has 1 aliphatic carbocycles. The van der Waals surface area contributed by atoms with Crippen molar-refractivity contribution >= 4 is 11.9 Å². The minimum atomic E-state index is -0.266. The number of benzene rings is 1. The second kappa shape index (κ2) is 6.55. The van der Waals surface area contributed by atoms with E-state index in [-0.39, 0.29) is 17.9 Å². The summed E-state index contributed by atoms with van der Waals surface area (Å²) in [6, 6.07) is 8.34. The highest BCUT2D eigenvalue weighted by Crippen LogP contribution is 2.35. The summed E-state index contributed by atoms with van der Waals surface area (Å²) in [7, 11) is 1.36. The molecule has 1 amide bonds. The molecule has 0 saturated heterocycles. The zero-order chi connectivity index (χ0) is 14.5. The number of ether oxygens (including phenoxy) is 1. The molecular weight excluding hydrogens is 254 g/mol. The normalized spacial score (nSPS) is 20.3. The van der Waals surface area contributed by atoms with Gasteiger partial charge >= 0.3 is 5.97 Å². The van der Waals surface area contributed by atoms with Gasteiger partial charge in [-0.05, 0) is 29.9 Å². The van der Waals surface area contributed by atoms with Crippen LogP contribution in [-0.2, 0) is 20.7 Å². The molecule has 0 unspecified atom stereocenters. The number of methoxy groups -OCH3 is 1. The summed E-state index contributed by atoms with van der Waals surface area (Å²) in [6.45, 7) is 2.15. The fourth-order valence-electron chi connectivity index (χ4n) is 2.76. The highest BCUT2D eigenvalue weighted by Gasteiger charge is 2.29. The van der Waals surface area contributed by atoms with Crippen LogP contribution >= 0.6 is 0 Å². The van der Waals surface area contributed by atoms with Crippen molar-refractivity contribution in [2.45, 2.75) is 38.6 Å². The van der Waals surface area contributed by atoms with E-state index >= 15 is 0 Å². The molecule has 2 atom stereocenters. The Bertz CT molecular complexity index is 498. The lowest BCUT2D eigenvalue weighted by Gasteiger charge is -2.18. The second-order valence-electron chi connectivity index (χ2n) is 5.36. The summed E-state index contributed by atoms with van der Waals surface area (Å²) in [5.41, 5.74) is 2.54. The Morgan fingerprint density at radius 3 is 2.80 bits per heavy atom. The molecule has 0 saturated carbocycles. The molecule has 0 aromatic heterocycles. The third kappa shape index (κ3) is 3.38. The van der Waals surface area contributed by atoms with E-state index in [2.05, 4.69) is 29.1 Å². The lowest BCUT2D eigenvalue weighted by molar-refractivity contribution is -0.140. The molecule has 1 aromatic carbocycles. The Morgan fingerprint density at radius 1 is 1.30 bits per heavy atom. The fourth-order valence-corrected chi connectivity index (χ4v) is 2.76. The van der Waals surface area contributed by atoms with Gasteiger partial charge in [-0.1, -0.05) is 31.2 Å². The first-order valence-electron chi connectivity index (χ1n) is 7.05. The van der Waals surface area contributed by atoms with Crippen molar-refractivity contribution in [2.24, 2.45) is 5.92 Å². The predicted octanol–water partition coefficient (Wildman–Crippen LogP) is 2.38. The average molecular weight is 275 g/mol. The van der Waals surface area contributed by atoms with Crippen molar-refractivity contribution < 1.29 is 14.3 Å². The molecule has 1 aliphatic rings. The van der Waals surface area contributed by atoms with Crippen LogP contribution < -0.4 is 5.32 Å². The summed E-state index contributed by atoms with van der Waals surface area (Å²) in [5, 5.41) is 3.09. The summed E-state index contributed by atoms with van der Waals surface area (Å²) in [4.78, 5) is 23.0. The predicted molar refractivity (Wildman–Crippen MR) is 76.1 cm³/mol. The molecule has 4 heteroatoms. The summed E-state index contributed by atoms with van der Waals surface area (Å²) in [6.07, 6.45) is 2.19. The van der Waals surface area contributed by atoms with E-state index in [1.165, 1.54) is 18.2 Å². The van der Waals surface area contributed by atoms with Crippen LogP contribution in [0.3, 0.4) is 0 Å². The molecule has 0 radical (unpaired) electrons. The largest absolute Gasteiger partial charge is 0.469 e. The molecule has 1 aromatic rings. The Morgan fingerprint density at radius 2 is 2.05 bits per heavy atom. The number of rotatable bonds is 5. The molecule has 0 fully saturated rings. The second-order valence-corrected chi connectivity index (χ2v) is 5.36. The smallest absolute Gasteiger partial charge is 0.305 e. The number of fused-ring (bicyclic) bond motifs is 1. The minimum absolute atomic E-state index is 0.00227. The number of carbonyl (C=O) groups is 2. The SMILES string of the molecule is COC(=O)CCCC(=O)N[C@H]1c2ccccc2C[C@H]1C. The zero-order valence-electron chi connectivity index (χ0n) is 12.0. The van der Waals surface area contributed by atoms with Crippen molar-refractivity contribution in [3.05, 3.63) is 35.4 Å². The van der Waals surface area contributed by atoms with Gasteiger partial charge in [0.1, 0.15) is 0 Å². The van der Waals surface area contributed by atoms with Crippen LogP contribution in [0.2, 0.25) is 0 Å². The molecule has 1 N–H and O–H groups in total. The van der Waals surface area contributed by atoms with Gasteiger partial charge in [-0.3, -0.25) is 9.59 Å². The highest BCUT2D eigenvalue weighted by atomic mass is 16.5. The van der Waals surface area contributed by atoms with E-state index in [4.69, 9.17) is 0 Å².